The molecule has 4 rings (SSSR count). The summed E-state index contributed by atoms with van der Waals surface area (Å²) in [5, 5.41) is 3.40. The second kappa shape index (κ2) is 6.19. The Morgan fingerprint density at radius 2 is 2.26 bits per heavy atom. The lowest BCUT2D eigenvalue weighted by Crippen LogP contribution is -2.33. The first-order valence-electron chi connectivity index (χ1n) is 8.16. The molecular weight excluding hydrogens is 308 g/mol. The molecule has 1 N–H and O–H groups in total. The molecule has 2 aliphatic rings. The molecule has 0 bridgehead atoms. The van der Waals surface area contributed by atoms with Crippen molar-refractivity contribution < 1.29 is 4.74 Å². The van der Waals surface area contributed by atoms with Gasteiger partial charge in [-0.05, 0) is 31.5 Å². The van der Waals surface area contributed by atoms with E-state index in [9.17, 15) is 0 Å². The van der Waals surface area contributed by atoms with E-state index in [0.717, 1.165) is 39.1 Å². The molecule has 4 heterocycles. The molecule has 0 aliphatic carbocycles. The monoisotopic (exact) mass is 330 g/mol. The Morgan fingerprint density at radius 1 is 1.39 bits per heavy atom. The van der Waals surface area contributed by atoms with Crippen molar-refractivity contribution >= 4 is 17.3 Å². The maximum absolute atomic E-state index is 6.20. The quantitative estimate of drug-likeness (QED) is 0.934. The van der Waals surface area contributed by atoms with E-state index in [1.807, 2.05) is 17.4 Å². The molecule has 23 heavy (non-hydrogen) atoms. The van der Waals surface area contributed by atoms with E-state index in [2.05, 4.69) is 39.2 Å². The molecule has 6 heteroatoms. The lowest BCUT2D eigenvalue weighted by molar-refractivity contribution is 0.0120. The van der Waals surface area contributed by atoms with Gasteiger partial charge in [0.15, 0.2) is 0 Å². The summed E-state index contributed by atoms with van der Waals surface area (Å²) < 4.78 is 6.20. The molecule has 0 aromatic carbocycles. The van der Waals surface area contributed by atoms with Crippen LogP contribution in [0.3, 0.4) is 0 Å². The van der Waals surface area contributed by atoms with Gasteiger partial charge in [-0.25, -0.2) is 9.97 Å². The molecule has 2 aliphatic heterocycles. The number of aryl methyl sites for hydroxylation is 1. The minimum atomic E-state index is 0.0126. The Kier molecular flexibility index (Phi) is 4.05. The summed E-state index contributed by atoms with van der Waals surface area (Å²) in [5.41, 5.74) is 0.0126. The molecule has 1 spiro atoms. The van der Waals surface area contributed by atoms with Crippen LogP contribution in [-0.2, 0) is 11.3 Å². The summed E-state index contributed by atoms with van der Waals surface area (Å²) in [5.74, 6) is 0.696. The number of ether oxygens (including phenoxy) is 1. The number of anilines is 1. The minimum Gasteiger partial charge on any atom is -0.371 e. The van der Waals surface area contributed by atoms with Crippen molar-refractivity contribution in [2.24, 2.45) is 0 Å². The summed E-state index contributed by atoms with van der Waals surface area (Å²) in [6, 6.07) is 6.59. The van der Waals surface area contributed by atoms with Crippen LogP contribution in [0, 0.1) is 6.92 Å². The molecular formula is C17H22N4OS. The maximum Gasteiger partial charge on any atom is 0.222 e. The van der Waals surface area contributed by atoms with Crippen molar-refractivity contribution in [1.82, 2.24) is 14.9 Å². The summed E-state index contributed by atoms with van der Waals surface area (Å²) in [7, 11) is 0. The van der Waals surface area contributed by atoms with Gasteiger partial charge in [0.1, 0.15) is 0 Å². The Morgan fingerprint density at radius 3 is 3.04 bits per heavy atom. The summed E-state index contributed by atoms with van der Waals surface area (Å²) in [4.78, 5) is 13.8. The zero-order chi connectivity index (χ0) is 15.7. The van der Waals surface area contributed by atoms with Crippen LogP contribution in [0.25, 0.3) is 0 Å². The first kappa shape index (κ1) is 15.1. The van der Waals surface area contributed by atoms with Gasteiger partial charge in [-0.2, -0.15) is 0 Å². The summed E-state index contributed by atoms with van der Waals surface area (Å²) >= 11 is 1.90. The summed E-state index contributed by atoms with van der Waals surface area (Å²) in [6.07, 6.45) is 5.68. The highest BCUT2D eigenvalue weighted by Gasteiger charge is 2.45. The van der Waals surface area contributed by atoms with Gasteiger partial charge in [0.2, 0.25) is 5.95 Å². The smallest absolute Gasteiger partial charge is 0.222 e. The van der Waals surface area contributed by atoms with Gasteiger partial charge in [-0.1, -0.05) is 0 Å². The Hall–Kier alpha value is -1.50. The molecule has 2 atom stereocenters. The molecule has 2 saturated heterocycles. The van der Waals surface area contributed by atoms with Crippen molar-refractivity contribution in [3.8, 4) is 0 Å². The lowest BCUT2D eigenvalue weighted by Gasteiger charge is -2.23. The number of hydrogen-bond donors (Lipinski definition) is 1. The van der Waals surface area contributed by atoms with E-state index in [4.69, 9.17) is 4.74 Å². The van der Waals surface area contributed by atoms with Crippen LogP contribution in [0.5, 0.6) is 0 Å². The minimum absolute atomic E-state index is 0.0126. The van der Waals surface area contributed by atoms with Crippen LogP contribution in [0.15, 0.2) is 30.6 Å². The molecule has 2 fully saturated rings. The molecule has 0 saturated carbocycles. The largest absolute Gasteiger partial charge is 0.371 e. The summed E-state index contributed by atoms with van der Waals surface area (Å²) in [6.45, 7) is 6.10. The predicted molar refractivity (Wildman–Crippen MR) is 91.7 cm³/mol. The van der Waals surface area contributed by atoms with Crippen molar-refractivity contribution in [3.05, 3.63) is 40.3 Å². The van der Waals surface area contributed by atoms with Gasteiger partial charge in [0, 0.05) is 48.2 Å². The maximum atomic E-state index is 6.20. The van der Waals surface area contributed by atoms with Gasteiger partial charge in [0.05, 0.1) is 18.2 Å². The van der Waals surface area contributed by atoms with Crippen LogP contribution in [0.4, 0.5) is 5.95 Å². The number of nitrogens with zero attached hydrogens (tertiary/aromatic N) is 3. The van der Waals surface area contributed by atoms with E-state index in [0.29, 0.717) is 12.0 Å². The Bertz CT molecular complexity index is 662. The zero-order valence-electron chi connectivity index (χ0n) is 13.4. The average Bonchev–Trinajstić information content (AvgIpc) is 3.24. The average molecular weight is 330 g/mol. The second-order valence-electron chi connectivity index (χ2n) is 6.58. The molecule has 122 valence electrons. The van der Waals surface area contributed by atoms with E-state index < -0.39 is 0 Å². The van der Waals surface area contributed by atoms with Crippen LogP contribution in [0.2, 0.25) is 0 Å². The van der Waals surface area contributed by atoms with Crippen molar-refractivity contribution in [2.75, 3.05) is 25.0 Å². The van der Waals surface area contributed by atoms with Gasteiger partial charge < -0.3 is 10.1 Å². The number of hydrogen-bond acceptors (Lipinski definition) is 6. The first-order valence-corrected chi connectivity index (χ1v) is 8.98. The molecule has 0 radical (unpaired) electrons. The van der Waals surface area contributed by atoms with E-state index in [1.165, 1.54) is 9.75 Å². The highest BCUT2D eigenvalue weighted by molar-refractivity contribution is 7.11. The Labute approximate surface area is 140 Å². The number of rotatable bonds is 4. The van der Waals surface area contributed by atoms with E-state index >= 15 is 0 Å². The van der Waals surface area contributed by atoms with Gasteiger partial charge in [-0.15, -0.1) is 11.3 Å². The van der Waals surface area contributed by atoms with Gasteiger partial charge in [-0.3, -0.25) is 4.90 Å². The third kappa shape index (κ3) is 3.39. The van der Waals surface area contributed by atoms with Crippen LogP contribution < -0.4 is 5.32 Å². The number of aromatic nitrogens is 2. The van der Waals surface area contributed by atoms with E-state index in [1.54, 1.807) is 12.4 Å². The SMILES string of the molecule is Cc1ccc(CN2CC[C@]3(C[C@H](Nc4ncccn4)CO3)C2)s1. The Balaban J connectivity index is 1.34. The third-order valence-corrected chi connectivity index (χ3v) is 5.66. The fraction of sp³-hybridized carbons (Fsp3) is 0.529. The van der Waals surface area contributed by atoms with Crippen molar-refractivity contribution in [3.63, 3.8) is 0 Å². The molecule has 2 aromatic heterocycles. The second-order valence-corrected chi connectivity index (χ2v) is 7.96. The van der Waals surface area contributed by atoms with Crippen molar-refractivity contribution in [1.29, 1.82) is 0 Å². The van der Waals surface area contributed by atoms with Crippen molar-refractivity contribution in [2.45, 2.75) is 38.0 Å². The molecule has 5 nitrogen and oxygen atoms in total. The van der Waals surface area contributed by atoms with Crippen LogP contribution in [0.1, 0.15) is 22.6 Å². The number of thiophene rings is 1. The van der Waals surface area contributed by atoms with E-state index in [-0.39, 0.29) is 5.60 Å². The molecule has 0 unspecified atom stereocenters. The third-order valence-electron chi connectivity index (χ3n) is 4.68. The van der Waals surface area contributed by atoms with Crippen LogP contribution >= 0.6 is 11.3 Å². The highest BCUT2D eigenvalue weighted by atomic mass is 32.1. The molecule has 2 aromatic rings. The first-order chi connectivity index (χ1) is 11.2. The number of nitrogens with one attached hydrogen (secondary N) is 1. The van der Waals surface area contributed by atoms with Gasteiger partial charge in [0.25, 0.3) is 0 Å². The molecule has 0 amide bonds. The van der Waals surface area contributed by atoms with Gasteiger partial charge >= 0.3 is 0 Å². The fourth-order valence-electron chi connectivity index (χ4n) is 3.63. The van der Waals surface area contributed by atoms with Crippen LogP contribution in [-0.4, -0.2) is 46.2 Å². The topological polar surface area (TPSA) is 50.3 Å². The normalized spacial score (nSPS) is 27.8. The number of likely N-dealkylation sites (tertiary alicyclic amines) is 1. The zero-order valence-corrected chi connectivity index (χ0v) is 14.2. The highest BCUT2D eigenvalue weighted by Crippen LogP contribution is 2.36. The standard InChI is InChI=1S/C17H22N4OS/c1-13-3-4-15(23-13)10-21-8-5-17(12-21)9-14(11-22-17)20-16-18-6-2-7-19-16/h2-4,6-7,14H,5,8-12H2,1H3,(H,18,19,20)/t14-,17-/m0/s1. The fourth-order valence-corrected chi connectivity index (χ4v) is 4.56. The lowest BCUT2D eigenvalue weighted by atomic mass is 9.97. The predicted octanol–water partition coefficient (Wildman–Crippen LogP) is 2.69.